The summed E-state index contributed by atoms with van der Waals surface area (Å²) < 4.78 is 18.4. The number of benzene rings is 3. The molecule has 33 heavy (non-hydrogen) atoms. The number of ether oxygens (including phenoxy) is 3. The second kappa shape index (κ2) is 10.9. The fourth-order valence-electron chi connectivity index (χ4n) is 3.82. The first-order valence-corrected chi connectivity index (χ1v) is 11.0. The van der Waals surface area contributed by atoms with E-state index in [2.05, 4.69) is 12.1 Å². The fraction of sp³-hybridized carbons (Fsp3) is 0.308. The summed E-state index contributed by atoms with van der Waals surface area (Å²) in [4.78, 5) is 19.7. The first-order chi connectivity index (χ1) is 16.2. The van der Waals surface area contributed by atoms with Crippen LogP contribution in [0.25, 0.3) is 21.8 Å². The van der Waals surface area contributed by atoms with Crippen molar-refractivity contribution in [2.24, 2.45) is 0 Å². The number of nitrogens with zero attached hydrogens (tertiary/aromatic N) is 3. The van der Waals surface area contributed by atoms with Crippen molar-refractivity contribution in [1.82, 2.24) is 14.5 Å². The lowest BCUT2D eigenvalue weighted by atomic mass is 10.1. The fourth-order valence-corrected chi connectivity index (χ4v) is 3.82. The van der Waals surface area contributed by atoms with E-state index in [0.29, 0.717) is 32.1 Å². The Hall–Kier alpha value is -3.42. The number of fused-ring (bicyclic) bond motifs is 2. The average Bonchev–Trinajstić information content (AvgIpc) is 3.20. The number of hydrogen-bond donors (Lipinski definition) is 0. The van der Waals surface area contributed by atoms with Crippen LogP contribution in [-0.2, 0) is 27.4 Å². The summed E-state index contributed by atoms with van der Waals surface area (Å²) in [6, 6.07) is 22.0. The molecule has 1 amide bonds. The topological polar surface area (TPSA) is 65.8 Å². The number of methoxy groups -OCH3 is 2. The van der Waals surface area contributed by atoms with Crippen LogP contribution in [-0.4, -0.2) is 60.9 Å². The van der Waals surface area contributed by atoms with Crippen LogP contribution < -0.4 is 4.74 Å². The normalized spacial score (nSPS) is 11.2. The van der Waals surface area contributed by atoms with E-state index in [4.69, 9.17) is 19.2 Å². The molecule has 0 saturated carbocycles. The Balaban J connectivity index is 1.56. The van der Waals surface area contributed by atoms with E-state index < -0.39 is 0 Å². The number of hydrogen-bond acceptors (Lipinski definition) is 5. The number of imidazole rings is 1. The quantitative estimate of drug-likeness (QED) is 0.349. The van der Waals surface area contributed by atoms with Gasteiger partial charge in [0.05, 0.1) is 24.2 Å². The number of carbonyl (C=O) groups excluding carboxylic acids is 1. The summed E-state index contributed by atoms with van der Waals surface area (Å²) >= 11 is 0. The molecule has 7 nitrogen and oxygen atoms in total. The Morgan fingerprint density at radius 1 is 0.909 bits per heavy atom. The predicted octanol–water partition coefficient (Wildman–Crippen LogP) is 3.89. The van der Waals surface area contributed by atoms with Gasteiger partial charge >= 0.3 is 0 Å². The van der Waals surface area contributed by atoms with E-state index >= 15 is 0 Å². The molecule has 0 fully saturated rings. The third-order valence-corrected chi connectivity index (χ3v) is 5.60. The highest BCUT2D eigenvalue weighted by atomic mass is 16.5. The van der Waals surface area contributed by atoms with Crippen molar-refractivity contribution >= 4 is 27.7 Å². The van der Waals surface area contributed by atoms with Crippen molar-refractivity contribution in [3.63, 3.8) is 0 Å². The third-order valence-electron chi connectivity index (χ3n) is 5.60. The monoisotopic (exact) mass is 447 g/mol. The largest absolute Gasteiger partial charge is 0.486 e. The van der Waals surface area contributed by atoms with Crippen LogP contribution >= 0.6 is 0 Å². The van der Waals surface area contributed by atoms with Crippen molar-refractivity contribution in [2.75, 3.05) is 40.5 Å². The van der Waals surface area contributed by atoms with Gasteiger partial charge in [0.25, 0.3) is 0 Å². The highest BCUT2D eigenvalue weighted by molar-refractivity contribution is 5.84. The molecule has 0 radical (unpaired) electrons. The second-order valence-electron chi connectivity index (χ2n) is 7.77. The van der Waals surface area contributed by atoms with Crippen molar-refractivity contribution in [3.05, 3.63) is 72.6 Å². The van der Waals surface area contributed by atoms with Crippen molar-refractivity contribution in [3.8, 4) is 5.75 Å². The van der Waals surface area contributed by atoms with Gasteiger partial charge in [-0.25, -0.2) is 4.98 Å². The molecule has 0 bridgehead atoms. The maximum atomic E-state index is 13.2. The van der Waals surface area contributed by atoms with E-state index in [-0.39, 0.29) is 19.1 Å². The molecule has 0 spiro atoms. The molecule has 0 aliphatic rings. The molecule has 0 atom stereocenters. The predicted molar refractivity (Wildman–Crippen MR) is 128 cm³/mol. The van der Waals surface area contributed by atoms with Gasteiger partial charge in [0.1, 0.15) is 24.7 Å². The van der Waals surface area contributed by atoms with Crippen LogP contribution in [0.2, 0.25) is 0 Å². The Morgan fingerprint density at radius 3 is 2.36 bits per heavy atom. The van der Waals surface area contributed by atoms with Crippen LogP contribution in [0.5, 0.6) is 5.75 Å². The Kier molecular flexibility index (Phi) is 7.55. The first-order valence-electron chi connectivity index (χ1n) is 11.0. The molecule has 0 saturated heterocycles. The zero-order chi connectivity index (χ0) is 23.0. The molecule has 7 heteroatoms. The first kappa shape index (κ1) is 22.8. The van der Waals surface area contributed by atoms with Crippen LogP contribution in [0, 0.1) is 0 Å². The van der Waals surface area contributed by atoms with E-state index in [0.717, 1.165) is 27.6 Å². The lowest BCUT2D eigenvalue weighted by molar-refractivity contribution is -0.133. The van der Waals surface area contributed by atoms with Gasteiger partial charge in [0.2, 0.25) is 5.91 Å². The van der Waals surface area contributed by atoms with E-state index in [1.54, 1.807) is 19.1 Å². The minimum atomic E-state index is -0.0146. The van der Waals surface area contributed by atoms with Gasteiger partial charge in [0, 0.05) is 27.3 Å². The van der Waals surface area contributed by atoms with Crippen LogP contribution in [0.1, 0.15) is 5.82 Å². The number of rotatable bonds is 11. The number of para-hydroxylation sites is 2. The average molecular weight is 448 g/mol. The highest BCUT2D eigenvalue weighted by Gasteiger charge is 2.18. The van der Waals surface area contributed by atoms with Gasteiger partial charge in [-0.1, -0.05) is 42.5 Å². The minimum absolute atomic E-state index is 0.0146. The summed E-state index contributed by atoms with van der Waals surface area (Å²) in [7, 11) is 3.26. The number of amides is 1. The summed E-state index contributed by atoms with van der Waals surface area (Å²) in [5.41, 5.74) is 1.74. The molecule has 0 aliphatic heterocycles. The molecule has 172 valence electrons. The standard InChI is InChI=1S/C26H29N3O4/c1-31-15-13-28(14-16-32-2)26(30)18-29-24-10-6-5-9-23(24)27-25(29)19-33-22-12-11-20-7-3-4-8-21(20)17-22/h3-12,17H,13-16,18-19H2,1-2H3. The minimum Gasteiger partial charge on any atom is -0.486 e. The molecular weight excluding hydrogens is 418 g/mol. The lowest BCUT2D eigenvalue weighted by Crippen LogP contribution is -2.38. The van der Waals surface area contributed by atoms with Crippen LogP contribution in [0.3, 0.4) is 0 Å². The second-order valence-corrected chi connectivity index (χ2v) is 7.77. The van der Waals surface area contributed by atoms with Gasteiger partial charge in [-0.3, -0.25) is 4.79 Å². The molecule has 0 unspecified atom stereocenters. The summed E-state index contributed by atoms with van der Waals surface area (Å²) in [5.74, 6) is 1.45. The lowest BCUT2D eigenvalue weighted by Gasteiger charge is -2.23. The molecule has 1 aromatic heterocycles. The molecule has 4 aromatic rings. The Bertz CT molecular complexity index is 1210. The van der Waals surface area contributed by atoms with Gasteiger partial charge in [0.15, 0.2) is 0 Å². The Morgan fingerprint density at radius 2 is 1.61 bits per heavy atom. The highest BCUT2D eigenvalue weighted by Crippen LogP contribution is 2.23. The maximum absolute atomic E-state index is 13.2. The van der Waals surface area contributed by atoms with Gasteiger partial charge in [-0.15, -0.1) is 0 Å². The zero-order valence-corrected chi connectivity index (χ0v) is 19.1. The number of aromatic nitrogens is 2. The molecular formula is C26H29N3O4. The maximum Gasteiger partial charge on any atom is 0.242 e. The van der Waals surface area contributed by atoms with Crippen molar-refractivity contribution < 1.29 is 19.0 Å². The van der Waals surface area contributed by atoms with Crippen LogP contribution in [0.4, 0.5) is 0 Å². The molecule has 1 heterocycles. The van der Waals surface area contributed by atoms with Gasteiger partial charge in [-0.05, 0) is 35.0 Å². The molecule has 0 N–H and O–H groups in total. The number of carbonyl (C=O) groups is 1. The molecule has 4 rings (SSSR count). The SMILES string of the molecule is COCCN(CCOC)C(=O)Cn1c(COc2ccc3ccccc3c2)nc2ccccc21. The van der Waals surface area contributed by atoms with Gasteiger partial charge < -0.3 is 23.7 Å². The van der Waals surface area contributed by atoms with E-state index in [9.17, 15) is 4.79 Å². The van der Waals surface area contributed by atoms with Gasteiger partial charge in [-0.2, -0.15) is 0 Å². The van der Waals surface area contributed by atoms with Crippen molar-refractivity contribution in [2.45, 2.75) is 13.2 Å². The Labute approximate surface area is 193 Å². The van der Waals surface area contributed by atoms with Crippen molar-refractivity contribution in [1.29, 1.82) is 0 Å². The summed E-state index contributed by atoms with van der Waals surface area (Å²) in [6.45, 7) is 2.39. The van der Waals surface area contributed by atoms with Crippen LogP contribution in [0.15, 0.2) is 66.7 Å². The van der Waals surface area contributed by atoms with E-state index in [1.165, 1.54) is 0 Å². The molecule has 3 aromatic carbocycles. The smallest absolute Gasteiger partial charge is 0.242 e. The zero-order valence-electron chi connectivity index (χ0n) is 19.1. The third kappa shape index (κ3) is 5.50. The summed E-state index contributed by atoms with van der Waals surface area (Å²) in [5, 5.41) is 2.28. The molecule has 0 aliphatic carbocycles. The summed E-state index contributed by atoms with van der Waals surface area (Å²) in [6.07, 6.45) is 0. The van der Waals surface area contributed by atoms with E-state index in [1.807, 2.05) is 59.2 Å².